The van der Waals surface area contributed by atoms with Gasteiger partial charge in [-0.1, -0.05) is 56.5 Å². The van der Waals surface area contributed by atoms with Gasteiger partial charge in [0.2, 0.25) is 5.91 Å². The van der Waals surface area contributed by atoms with Gasteiger partial charge in [0.1, 0.15) is 23.8 Å². The van der Waals surface area contributed by atoms with Gasteiger partial charge >= 0.3 is 18.2 Å². The molecule has 0 unspecified atom stereocenters. The van der Waals surface area contributed by atoms with Gasteiger partial charge in [-0.05, 0) is 49.4 Å². The lowest BCUT2D eigenvalue weighted by Crippen LogP contribution is -2.57. The van der Waals surface area contributed by atoms with Crippen molar-refractivity contribution in [1.29, 1.82) is 0 Å². The Morgan fingerprint density at radius 3 is 2.15 bits per heavy atom. The predicted octanol–water partition coefficient (Wildman–Crippen LogP) is 4.35. The summed E-state index contributed by atoms with van der Waals surface area (Å²) in [7, 11) is -3.87. The van der Waals surface area contributed by atoms with Gasteiger partial charge in [0.25, 0.3) is 0 Å². The first kappa shape index (κ1) is 45.3. The molecule has 1 saturated heterocycles. The zero-order valence-corrected chi connectivity index (χ0v) is 30.6. The molecule has 53 heavy (non-hydrogen) atoms. The molecule has 1 heterocycles. The van der Waals surface area contributed by atoms with Crippen molar-refractivity contribution in [2.75, 3.05) is 25.5 Å². The highest BCUT2D eigenvalue weighted by atomic mass is 32.2. The van der Waals surface area contributed by atoms with Gasteiger partial charge in [0.05, 0.1) is 36.4 Å². The molecule has 0 bridgehead atoms. The lowest BCUT2D eigenvalue weighted by atomic mass is 10.00. The number of alkyl carbamates (subject to hydrolysis) is 1. The number of alkyl halides is 3. The Kier molecular flexibility index (Phi) is 18.6. The summed E-state index contributed by atoms with van der Waals surface area (Å²) >= 11 is 0. The maximum atomic E-state index is 14.1. The molecular weight excluding hydrogens is 733 g/mol. The molecule has 4 atom stereocenters. The van der Waals surface area contributed by atoms with Gasteiger partial charge < -0.3 is 35.6 Å². The van der Waals surface area contributed by atoms with E-state index in [2.05, 4.69) is 16.0 Å². The highest BCUT2D eigenvalue weighted by Gasteiger charge is 2.38. The summed E-state index contributed by atoms with van der Waals surface area (Å²) in [5.74, 6) is -5.98. The summed E-state index contributed by atoms with van der Waals surface area (Å²) in [5, 5.41) is 25.8. The average molecular weight is 782 g/mol. The Morgan fingerprint density at radius 2 is 1.62 bits per heavy atom. The van der Waals surface area contributed by atoms with Crippen LogP contribution < -0.4 is 16.0 Å². The van der Waals surface area contributed by atoms with E-state index in [-0.39, 0.29) is 25.1 Å². The summed E-state index contributed by atoms with van der Waals surface area (Å²) in [6.45, 7) is 6.69. The minimum Gasteiger partial charge on any atom is -0.475 e. The molecule has 1 aliphatic heterocycles. The van der Waals surface area contributed by atoms with Crippen molar-refractivity contribution in [3.05, 3.63) is 70.8 Å². The third-order valence-corrected chi connectivity index (χ3v) is 10.4. The molecule has 0 spiro atoms. The summed E-state index contributed by atoms with van der Waals surface area (Å²) in [6, 6.07) is 7.99. The average Bonchev–Trinajstić information content (AvgIpc) is 3.56. The van der Waals surface area contributed by atoms with E-state index >= 15 is 0 Å². The largest absolute Gasteiger partial charge is 0.490 e. The number of rotatable bonds is 18. The summed E-state index contributed by atoms with van der Waals surface area (Å²) < 4.78 is 97.4. The number of benzene rings is 2. The van der Waals surface area contributed by atoms with Gasteiger partial charge in [0, 0.05) is 25.6 Å². The molecule has 5 N–H and O–H groups in total. The van der Waals surface area contributed by atoms with E-state index in [9.17, 15) is 45.1 Å². The van der Waals surface area contributed by atoms with Crippen molar-refractivity contribution >= 4 is 27.8 Å². The minimum absolute atomic E-state index is 0.00806. The van der Waals surface area contributed by atoms with Crippen molar-refractivity contribution < 1.29 is 64.4 Å². The smallest absolute Gasteiger partial charge is 0.475 e. The first-order valence-corrected chi connectivity index (χ1v) is 18.8. The zero-order valence-electron chi connectivity index (χ0n) is 29.8. The molecule has 0 radical (unpaired) electrons. The third kappa shape index (κ3) is 16.8. The Balaban J connectivity index is 0.00000126. The molecule has 3 rings (SSSR count). The van der Waals surface area contributed by atoms with E-state index in [1.165, 1.54) is 0 Å². The maximum absolute atomic E-state index is 14.1. The van der Waals surface area contributed by atoms with Crippen LogP contribution in [0, 0.1) is 18.6 Å². The molecule has 298 valence electrons. The molecule has 1 fully saturated rings. The molecule has 2 aromatic carbocycles. The number of aliphatic carboxylic acids is 1. The number of amides is 2. The van der Waals surface area contributed by atoms with E-state index in [0.717, 1.165) is 23.3 Å². The van der Waals surface area contributed by atoms with Gasteiger partial charge in [-0.3, -0.25) is 4.79 Å². The number of carboxylic acids is 1. The Hall–Kier alpha value is -3.87. The first-order valence-electron chi connectivity index (χ1n) is 17.1. The lowest BCUT2D eigenvalue weighted by Gasteiger charge is -2.28. The van der Waals surface area contributed by atoms with Crippen LogP contribution in [0.25, 0.3) is 0 Å². The SMILES string of the molecule is CCCC(CCC)S(=O)(=O)C[C@H](NC(=O)O[C@@H]1CCOC1)C(=O)N[C@@H](Cc1cc(F)cc(F)c1)[C@H](O)CNCc1cccc(C)c1.O=C(O)C(F)(F)F. The van der Waals surface area contributed by atoms with E-state index in [0.29, 0.717) is 51.3 Å². The van der Waals surface area contributed by atoms with E-state index in [1.807, 2.05) is 45.0 Å². The number of hydrogen-bond donors (Lipinski definition) is 5. The van der Waals surface area contributed by atoms with Crippen LogP contribution >= 0.6 is 0 Å². The number of aliphatic hydroxyl groups is 1. The second-order valence-corrected chi connectivity index (χ2v) is 15.0. The standard InChI is InChI=1S/C33H47F2N3O7S.C2HF3O2/c1-4-7-28(8-5-2)46(42,43)21-30(38-33(41)45-27-11-12-44-20-27)32(40)37-29(16-24-14-25(34)17-26(35)15-24)31(39)19-36-18-23-10-6-9-22(3)13-23;3-2(4,5)1(6)7/h6,9-10,13-15,17,27-31,36,39H,4-5,7-8,11-12,16,18-21H2,1-3H3,(H,37,40)(H,38,41);(H,6,7)/t27-,29+,30+,31-;/m1./s1. The van der Waals surface area contributed by atoms with Crippen molar-refractivity contribution in [1.82, 2.24) is 16.0 Å². The van der Waals surface area contributed by atoms with Crippen LogP contribution in [-0.2, 0) is 41.9 Å². The number of carbonyl (C=O) groups excluding carboxylic acids is 2. The first-order chi connectivity index (χ1) is 24.8. The lowest BCUT2D eigenvalue weighted by molar-refractivity contribution is -0.192. The maximum Gasteiger partial charge on any atom is 0.490 e. The Morgan fingerprint density at radius 1 is 1.00 bits per heavy atom. The van der Waals surface area contributed by atoms with Crippen LogP contribution in [0.4, 0.5) is 26.7 Å². The fourth-order valence-corrected chi connectivity index (χ4v) is 7.67. The van der Waals surface area contributed by atoms with E-state index in [1.54, 1.807) is 0 Å². The molecular formula is C35H48F5N3O9S. The molecule has 12 nitrogen and oxygen atoms in total. The molecule has 18 heteroatoms. The van der Waals surface area contributed by atoms with Crippen molar-refractivity contribution in [3.8, 4) is 0 Å². The number of aryl methyl sites for hydroxylation is 1. The summed E-state index contributed by atoms with van der Waals surface area (Å²) in [4.78, 5) is 35.4. The van der Waals surface area contributed by atoms with Crippen molar-refractivity contribution in [2.45, 2.75) is 102 Å². The number of halogens is 5. The van der Waals surface area contributed by atoms with Crippen molar-refractivity contribution in [2.24, 2.45) is 0 Å². The number of hydrogen-bond acceptors (Lipinski definition) is 9. The number of aliphatic hydroxyl groups excluding tert-OH is 1. The van der Waals surface area contributed by atoms with Gasteiger partial charge in [0.15, 0.2) is 9.84 Å². The van der Waals surface area contributed by atoms with E-state index < -0.39 is 80.9 Å². The van der Waals surface area contributed by atoms with Crippen LogP contribution in [0.15, 0.2) is 42.5 Å². The van der Waals surface area contributed by atoms with Gasteiger partial charge in [-0.15, -0.1) is 0 Å². The minimum atomic E-state index is -5.08. The van der Waals surface area contributed by atoms with E-state index in [4.69, 9.17) is 19.4 Å². The highest BCUT2D eigenvalue weighted by Crippen LogP contribution is 2.18. The van der Waals surface area contributed by atoms with Crippen LogP contribution in [0.1, 0.15) is 62.6 Å². The molecule has 0 saturated carbocycles. The molecule has 1 aliphatic rings. The molecule has 2 amide bonds. The van der Waals surface area contributed by atoms with Gasteiger partial charge in [-0.2, -0.15) is 13.2 Å². The fraction of sp³-hybridized carbons (Fsp3) is 0.571. The number of ether oxygens (including phenoxy) is 2. The second kappa shape index (κ2) is 21.7. The summed E-state index contributed by atoms with van der Waals surface area (Å²) in [6.07, 6.45) is -5.54. The van der Waals surface area contributed by atoms with Crippen LogP contribution in [0.3, 0.4) is 0 Å². The quantitative estimate of drug-likeness (QED) is 0.137. The second-order valence-electron chi connectivity index (χ2n) is 12.7. The zero-order chi connectivity index (χ0) is 39.8. The van der Waals surface area contributed by atoms with Crippen LogP contribution in [0.2, 0.25) is 0 Å². The topological polar surface area (TPSA) is 180 Å². The fourth-order valence-electron chi connectivity index (χ4n) is 5.51. The third-order valence-electron chi connectivity index (χ3n) is 8.08. The molecule has 0 aliphatic carbocycles. The number of carboxylic acid groups (broad SMARTS) is 1. The van der Waals surface area contributed by atoms with Crippen LogP contribution in [-0.4, -0.2) is 97.8 Å². The number of carbonyl (C=O) groups is 3. The van der Waals surface area contributed by atoms with Crippen molar-refractivity contribution in [3.63, 3.8) is 0 Å². The number of nitrogens with one attached hydrogen (secondary N) is 3. The Bertz CT molecular complexity index is 1560. The normalized spacial score (nSPS) is 16.2. The summed E-state index contributed by atoms with van der Waals surface area (Å²) in [5.41, 5.74) is 2.20. The van der Waals surface area contributed by atoms with Crippen LogP contribution in [0.5, 0.6) is 0 Å². The number of sulfone groups is 1. The Labute approximate surface area is 305 Å². The highest BCUT2D eigenvalue weighted by molar-refractivity contribution is 7.92. The molecule has 0 aromatic heterocycles. The monoisotopic (exact) mass is 781 g/mol. The van der Waals surface area contributed by atoms with Gasteiger partial charge in [-0.25, -0.2) is 26.8 Å². The molecule has 2 aromatic rings. The predicted molar refractivity (Wildman–Crippen MR) is 185 cm³/mol.